The van der Waals surface area contributed by atoms with Crippen molar-refractivity contribution in [2.24, 2.45) is 0 Å². The van der Waals surface area contributed by atoms with Gasteiger partial charge in [-0.15, -0.1) is 0 Å². The smallest absolute Gasteiger partial charge is 0.266 e. The molecule has 0 N–H and O–H groups in total. The molecule has 0 fully saturated rings. The van der Waals surface area contributed by atoms with E-state index in [9.17, 15) is 0 Å². The molecule has 0 atom stereocenters. The molecule has 0 radical (unpaired) electrons. The van der Waals surface area contributed by atoms with Gasteiger partial charge in [-0.2, -0.15) is 0 Å². The van der Waals surface area contributed by atoms with Crippen molar-refractivity contribution in [1.29, 1.82) is 0 Å². The average molecular weight is 474 g/mol. The number of aromatic nitrogens is 3. The summed E-state index contributed by atoms with van der Waals surface area (Å²) in [5.41, 5.74) is 4.30. The van der Waals surface area contributed by atoms with Gasteiger partial charge in [0.2, 0.25) is 5.75 Å². The number of ether oxygens (including phenoxy) is 3. The minimum absolute atomic E-state index is 0.347. The molecule has 0 spiro atoms. The van der Waals surface area contributed by atoms with E-state index in [1.54, 1.807) is 26.5 Å². The summed E-state index contributed by atoms with van der Waals surface area (Å²) < 4.78 is 19.1. The van der Waals surface area contributed by atoms with Crippen molar-refractivity contribution >= 4 is 21.8 Å². The summed E-state index contributed by atoms with van der Waals surface area (Å²) in [7, 11) is 3.15. The number of hydrogen-bond donors (Lipinski definition) is 0. The highest BCUT2D eigenvalue weighted by molar-refractivity contribution is 6.10. The van der Waals surface area contributed by atoms with Crippen molar-refractivity contribution in [2.45, 2.75) is 0 Å². The average Bonchev–Trinajstić information content (AvgIpc) is 3.27. The zero-order chi connectivity index (χ0) is 24.5. The molecule has 3 aromatic carbocycles. The standard InChI is InChI=1S/C30H23N3O3/c1-34-27-15-17-32-30(29(27)35-2)36-22-9-7-8-20(18-22)21-13-14-24-23-10-3-4-11-25(23)33(26(24)19-21)28-12-5-6-16-31-28/h3-19H,1-2H3. The fourth-order valence-corrected chi connectivity index (χ4v) is 4.57. The van der Waals surface area contributed by atoms with Crippen LogP contribution in [0.2, 0.25) is 0 Å². The molecule has 3 heterocycles. The lowest BCUT2D eigenvalue weighted by atomic mass is 10.0. The molecule has 0 saturated heterocycles. The molecule has 0 aliphatic carbocycles. The zero-order valence-corrected chi connectivity index (χ0v) is 19.9. The highest BCUT2D eigenvalue weighted by atomic mass is 16.5. The van der Waals surface area contributed by atoms with Gasteiger partial charge in [-0.05, 0) is 47.5 Å². The first kappa shape index (κ1) is 21.7. The Balaban J connectivity index is 1.46. The highest BCUT2D eigenvalue weighted by Gasteiger charge is 2.15. The van der Waals surface area contributed by atoms with Gasteiger partial charge in [-0.25, -0.2) is 9.97 Å². The maximum atomic E-state index is 6.10. The second kappa shape index (κ2) is 9.07. The molecular formula is C30H23N3O3. The minimum Gasteiger partial charge on any atom is -0.493 e. The van der Waals surface area contributed by atoms with Gasteiger partial charge in [0.25, 0.3) is 5.88 Å². The molecule has 0 unspecified atom stereocenters. The van der Waals surface area contributed by atoms with Crippen LogP contribution in [-0.4, -0.2) is 28.8 Å². The maximum Gasteiger partial charge on any atom is 0.266 e. The zero-order valence-electron chi connectivity index (χ0n) is 19.9. The number of methoxy groups -OCH3 is 2. The summed E-state index contributed by atoms with van der Waals surface area (Å²) in [5, 5.41) is 2.37. The Labute approximate surface area is 208 Å². The quantitative estimate of drug-likeness (QED) is 0.259. The fraction of sp³-hybridized carbons (Fsp3) is 0.0667. The monoisotopic (exact) mass is 473 g/mol. The largest absolute Gasteiger partial charge is 0.493 e. The Morgan fingerprint density at radius 2 is 1.47 bits per heavy atom. The fourth-order valence-electron chi connectivity index (χ4n) is 4.57. The SMILES string of the molecule is COc1ccnc(Oc2cccc(-c3ccc4c5ccccc5n(-c5ccccn5)c4c3)c2)c1OC. The van der Waals surface area contributed by atoms with Gasteiger partial charge in [0, 0.05) is 29.2 Å². The van der Waals surface area contributed by atoms with Crippen LogP contribution in [0.25, 0.3) is 38.8 Å². The Hall–Kier alpha value is -4.84. The maximum absolute atomic E-state index is 6.10. The molecule has 0 aliphatic heterocycles. The van der Waals surface area contributed by atoms with Crippen LogP contribution in [-0.2, 0) is 0 Å². The Morgan fingerprint density at radius 3 is 2.31 bits per heavy atom. The number of hydrogen-bond acceptors (Lipinski definition) is 5. The van der Waals surface area contributed by atoms with Crippen molar-refractivity contribution < 1.29 is 14.2 Å². The molecule has 3 aromatic heterocycles. The van der Waals surface area contributed by atoms with Gasteiger partial charge in [0.05, 0.1) is 25.3 Å². The Kier molecular flexibility index (Phi) is 5.46. The van der Waals surface area contributed by atoms with Gasteiger partial charge >= 0.3 is 0 Å². The molecule has 36 heavy (non-hydrogen) atoms. The van der Waals surface area contributed by atoms with E-state index in [1.165, 1.54) is 10.8 Å². The van der Waals surface area contributed by atoms with Gasteiger partial charge in [-0.1, -0.05) is 48.5 Å². The van der Waals surface area contributed by atoms with Crippen molar-refractivity contribution in [3.05, 3.63) is 103 Å². The number of para-hydroxylation sites is 1. The van der Waals surface area contributed by atoms with Crippen LogP contribution >= 0.6 is 0 Å². The third-order valence-electron chi connectivity index (χ3n) is 6.19. The second-order valence-corrected chi connectivity index (χ2v) is 8.25. The van der Waals surface area contributed by atoms with Crippen LogP contribution in [0.15, 0.2) is 103 Å². The Morgan fingerprint density at radius 1 is 0.639 bits per heavy atom. The lowest BCUT2D eigenvalue weighted by molar-refractivity contribution is 0.330. The van der Waals surface area contributed by atoms with E-state index in [1.807, 2.05) is 42.6 Å². The van der Waals surface area contributed by atoms with Gasteiger partial charge in [-0.3, -0.25) is 4.57 Å². The molecule has 0 saturated carbocycles. The molecule has 0 amide bonds. The predicted octanol–water partition coefficient (Wildman–Crippen LogP) is 7.05. The molecule has 176 valence electrons. The van der Waals surface area contributed by atoms with Crippen molar-refractivity contribution in [2.75, 3.05) is 14.2 Å². The van der Waals surface area contributed by atoms with Gasteiger partial charge < -0.3 is 14.2 Å². The van der Waals surface area contributed by atoms with E-state index in [4.69, 9.17) is 14.2 Å². The van der Waals surface area contributed by atoms with Crippen LogP contribution in [0.3, 0.4) is 0 Å². The molecule has 6 aromatic rings. The van der Waals surface area contributed by atoms with Crippen LogP contribution in [0.5, 0.6) is 23.1 Å². The topological polar surface area (TPSA) is 58.4 Å². The summed E-state index contributed by atoms with van der Waals surface area (Å²) in [5.74, 6) is 2.89. The lowest BCUT2D eigenvalue weighted by Gasteiger charge is -2.13. The first-order chi connectivity index (χ1) is 17.8. The van der Waals surface area contributed by atoms with Crippen molar-refractivity contribution in [3.8, 4) is 40.1 Å². The summed E-state index contributed by atoms with van der Waals surface area (Å²) in [6.07, 6.45) is 3.45. The lowest BCUT2D eigenvalue weighted by Crippen LogP contribution is -1.97. The molecule has 6 rings (SSSR count). The van der Waals surface area contributed by atoms with Gasteiger partial charge in [0.15, 0.2) is 5.75 Å². The van der Waals surface area contributed by atoms with Crippen molar-refractivity contribution in [3.63, 3.8) is 0 Å². The minimum atomic E-state index is 0.347. The summed E-state index contributed by atoms with van der Waals surface area (Å²) in [6, 6.07) is 30.6. The summed E-state index contributed by atoms with van der Waals surface area (Å²) >= 11 is 0. The molecule has 0 bridgehead atoms. The molecule has 6 nitrogen and oxygen atoms in total. The van der Waals surface area contributed by atoms with Crippen LogP contribution < -0.4 is 14.2 Å². The predicted molar refractivity (Wildman–Crippen MR) is 141 cm³/mol. The number of pyridine rings is 2. The number of benzene rings is 3. The van der Waals surface area contributed by atoms with E-state index in [0.29, 0.717) is 23.1 Å². The first-order valence-corrected chi connectivity index (χ1v) is 11.6. The molecule has 0 aliphatic rings. The van der Waals surface area contributed by atoms with Crippen molar-refractivity contribution in [1.82, 2.24) is 14.5 Å². The third kappa shape index (κ3) is 3.69. The van der Waals surface area contributed by atoms with E-state index >= 15 is 0 Å². The normalized spacial score (nSPS) is 11.1. The second-order valence-electron chi connectivity index (χ2n) is 8.25. The van der Waals surface area contributed by atoms with E-state index in [0.717, 1.165) is 28.0 Å². The molecule has 6 heteroatoms. The summed E-state index contributed by atoms with van der Waals surface area (Å²) in [4.78, 5) is 8.96. The van der Waals surface area contributed by atoms with E-state index in [-0.39, 0.29) is 0 Å². The number of fused-ring (bicyclic) bond motifs is 3. The van der Waals surface area contributed by atoms with Crippen LogP contribution in [0.4, 0.5) is 0 Å². The Bertz CT molecular complexity index is 1690. The number of rotatable bonds is 6. The summed E-state index contributed by atoms with van der Waals surface area (Å²) in [6.45, 7) is 0. The third-order valence-corrected chi connectivity index (χ3v) is 6.19. The van der Waals surface area contributed by atoms with Crippen LogP contribution in [0.1, 0.15) is 0 Å². The first-order valence-electron chi connectivity index (χ1n) is 11.6. The van der Waals surface area contributed by atoms with Crippen LogP contribution in [0, 0.1) is 0 Å². The molecular weight excluding hydrogens is 450 g/mol. The van der Waals surface area contributed by atoms with E-state index in [2.05, 4.69) is 63.1 Å². The van der Waals surface area contributed by atoms with Gasteiger partial charge in [0.1, 0.15) is 11.6 Å². The van der Waals surface area contributed by atoms with E-state index < -0.39 is 0 Å². The number of nitrogens with zero attached hydrogens (tertiary/aromatic N) is 3. The highest BCUT2D eigenvalue weighted by Crippen LogP contribution is 2.39.